The SMILES string of the molecule is CC1(C)[C@@H]2CC[C@@]1(C)/C(=N/NC(=O)CCc1nc(-c3ccc(Cl)cc3)no1)C2. The molecule has 2 aromatic rings. The fourth-order valence-electron chi connectivity index (χ4n) is 4.58. The van der Waals surface area contributed by atoms with Crippen molar-refractivity contribution in [2.75, 3.05) is 0 Å². The predicted octanol–water partition coefficient (Wildman–Crippen LogP) is 4.64. The van der Waals surface area contributed by atoms with Crippen LogP contribution in [-0.4, -0.2) is 21.8 Å². The van der Waals surface area contributed by atoms with Crippen molar-refractivity contribution in [1.29, 1.82) is 0 Å². The lowest BCUT2D eigenvalue weighted by Gasteiger charge is -2.34. The summed E-state index contributed by atoms with van der Waals surface area (Å²) in [4.78, 5) is 16.6. The van der Waals surface area contributed by atoms with E-state index in [2.05, 4.69) is 41.4 Å². The number of halogens is 1. The Balaban J connectivity index is 1.33. The Morgan fingerprint density at radius 1 is 1.32 bits per heavy atom. The summed E-state index contributed by atoms with van der Waals surface area (Å²) in [6, 6.07) is 7.21. The molecule has 6 nitrogen and oxygen atoms in total. The van der Waals surface area contributed by atoms with Crippen molar-refractivity contribution in [3.63, 3.8) is 0 Å². The van der Waals surface area contributed by atoms with E-state index in [1.165, 1.54) is 6.42 Å². The van der Waals surface area contributed by atoms with Gasteiger partial charge in [-0.25, -0.2) is 5.43 Å². The van der Waals surface area contributed by atoms with Gasteiger partial charge in [0.15, 0.2) is 0 Å². The van der Waals surface area contributed by atoms with Crippen LogP contribution in [0.1, 0.15) is 52.3 Å². The molecule has 1 N–H and O–H groups in total. The third kappa shape index (κ3) is 3.24. The molecule has 2 aliphatic rings. The lowest BCUT2D eigenvalue weighted by atomic mass is 9.70. The highest BCUT2D eigenvalue weighted by molar-refractivity contribution is 6.30. The number of hydrazone groups is 1. The monoisotopic (exact) mass is 400 g/mol. The number of benzene rings is 1. The Kier molecular flexibility index (Phi) is 4.78. The molecule has 7 heteroatoms. The summed E-state index contributed by atoms with van der Waals surface area (Å²) in [5.41, 5.74) is 5.02. The summed E-state index contributed by atoms with van der Waals surface area (Å²) in [5, 5.41) is 9.10. The Bertz CT molecular complexity index is 919. The Morgan fingerprint density at radius 2 is 2.07 bits per heavy atom. The van der Waals surface area contributed by atoms with Gasteiger partial charge in [0.1, 0.15) is 0 Å². The minimum atomic E-state index is -0.136. The number of amides is 1. The first kappa shape index (κ1) is 19.1. The fourth-order valence-corrected chi connectivity index (χ4v) is 4.70. The van der Waals surface area contributed by atoms with Crippen LogP contribution in [0.2, 0.25) is 5.02 Å². The molecule has 2 atom stereocenters. The first-order valence-electron chi connectivity index (χ1n) is 9.74. The highest BCUT2D eigenvalue weighted by Gasteiger charge is 2.59. The van der Waals surface area contributed by atoms with Crippen LogP contribution >= 0.6 is 11.6 Å². The van der Waals surface area contributed by atoms with Gasteiger partial charge in [-0.2, -0.15) is 10.1 Å². The molecule has 148 valence electrons. The van der Waals surface area contributed by atoms with Gasteiger partial charge in [-0.1, -0.05) is 37.5 Å². The van der Waals surface area contributed by atoms with E-state index in [4.69, 9.17) is 16.1 Å². The predicted molar refractivity (Wildman–Crippen MR) is 108 cm³/mol. The van der Waals surface area contributed by atoms with Crippen LogP contribution in [0.3, 0.4) is 0 Å². The number of nitrogens with zero attached hydrogens (tertiary/aromatic N) is 3. The van der Waals surface area contributed by atoms with Crippen LogP contribution in [-0.2, 0) is 11.2 Å². The van der Waals surface area contributed by atoms with E-state index in [1.807, 2.05) is 12.1 Å². The molecule has 2 saturated carbocycles. The van der Waals surface area contributed by atoms with Crippen molar-refractivity contribution in [2.24, 2.45) is 21.8 Å². The molecule has 0 radical (unpaired) electrons. The molecule has 2 fully saturated rings. The maximum atomic E-state index is 12.2. The van der Waals surface area contributed by atoms with Crippen molar-refractivity contribution >= 4 is 23.2 Å². The van der Waals surface area contributed by atoms with Crippen LogP contribution in [0.25, 0.3) is 11.4 Å². The van der Waals surface area contributed by atoms with Crippen LogP contribution < -0.4 is 5.43 Å². The number of carbonyl (C=O) groups excluding carboxylic acids is 1. The number of aryl methyl sites for hydroxylation is 1. The van der Waals surface area contributed by atoms with E-state index in [0.717, 1.165) is 24.1 Å². The molecular weight excluding hydrogens is 376 g/mol. The molecule has 1 heterocycles. The smallest absolute Gasteiger partial charge is 0.240 e. The highest BCUT2D eigenvalue weighted by atomic mass is 35.5. The van der Waals surface area contributed by atoms with Crippen molar-refractivity contribution in [1.82, 2.24) is 15.6 Å². The van der Waals surface area contributed by atoms with Gasteiger partial charge in [0.2, 0.25) is 17.6 Å². The van der Waals surface area contributed by atoms with Crippen molar-refractivity contribution in [3.8, 4) is 11.4 Å². The Labute approximate surface area is 169 Å². The standard InChI is InChI=1S/C21H25ClN4O2/c1-20(2)14-10-11-21(20,3)16(12-14)24-25-17(27)8-9-18-23-19(26-28-18)13-4-6-15(22)7-5-13/h4-7,14H,8-12H2,1-3H3,(H,25,27)/b24-16+/t14-,21+/m1/s1. The van der Waals surface area contributed by atoms with Gasteiger partial charge >= 0.3 is 0 Å². The molecule has 0 saturated heterocycles. The van der Waals surface area contributed by atoms with Gasteiger partial charge in [0.05, 0.1) is 0 Å². The number of hydrogen-bond acceptors (Lipinski definition) is 5. The van der Waals surface area contributed by atoms with E-state index in [0.29, 0.717) is 29.1 Å². The molecule has 0 unspecified atom stereocenters. The summed E-state index contributed by atoms with van der Waals surface area (Å²) < 4.78 is 5.25. The molecule has 1 amide bonds. The fraction of sp³-hybridized carbons (Fsp3) is 0.524. The van der Waals surface area contributed by atoms with Gasteiger partial charge in [-0.3, -0.25) is 4.79 Å². The number of fused-ring (bicyclic) bond motifs is 2. The van der Waals surface area contributed by atoms with Crippen LogP contribution in [0.5, 0.6) is 0 Å². The minimum Gasteiger partial charge on any atom is -0.339 e. The zero-order chi connectivity index (χ0) is 19.9. The summed E-state index contributed by atoms with van der Waals surface area (Å²) in [6.07, 6.45) is 4.02. The number of aromatic nitrogens is 2. The average molecular weight is 401 g/mol. The molecule has 2 bridgehead atoms. The molecule has 1 aromatic heterocycles. The third-order valence-corrected chi connectivity index (χ3v) is 7.22. The van der Waals surface area contributed by atoms with Crippen molar-refractivity contribution in [2.45, 2.75) is 52.9 Å². The average Bonchev–Trinajstić information content (AvgIpc) is 3.28. The number of nitrogens with one attached hydrogen (secondary N) is 1. The second-order valence-electron chi connectivity index (χ2n) is 8.61. The summed E-state index contributed by atoms with van der Waals surface area (Å²) in [7, 11) is 0. The summed E-state index contributed by atoms with van der Waals surface area (Å²) >= 11 is 5.89. The topological polar surface area (TPSA) is 80.4 Å². The zero-order valence-electron chi connectivity index (χ0n) is 16.5. The second-order valence-corrected chi connectivity index (χ2v) is 9.04. The van der Waals surface area contributed by atoms with Crippen molar-refractivity contribution < 1.29 is 9.32 Å². The van der Waals surface area contributed by atoms with E-state index in [9.17, 15) is 4.79 Å². The highest BCUT2D eigenvalue weighted by Crippen LogP contribution is 2.63. The van der Waals surface area contributed by atoms with Crippen LogP contribution in [0.15, 0.2) is 33.9 Å². The molecule has 1 aromatic carbocycles. The molecule has 2 aliphatic carbocycles. The van der Waals surface area contributed by atoms with Crippen LogP contribution in [0, 0.1) is 16.7 Å². The Morgan fingerprint density at radius 3 is 2.71 bits per heavy atom. The molecule has 0 aliphatic heterocycles. The minimum absolute atomic E-state index is 0.0882. The largest absolute Gasteiger partial charge is 0.339 e. The summed E-state index contributed by atoms with van der Waals surface area (Å²) in [5.74, 6) is 1.45. The number of carbonyl (C=O) groups is 1. The maximum absolute atomic E-state index is 12.2. The lowest BCUT2D eigenvalue weighted by Crippen LogP contribution is -2.34. The van der Waals surface area contributed by atoms with Crippen molar-refractivity contribution in [3.05, 3.63) is 35.2 Å². The maximum Gasteiger partial charge on any atom is 0.240 e. The number of hydrogen-bond donors (Lipinski definition) is 1. The Hall–Kier alpha value is -2.21. The second kappa shape index (κ2) is 6.99. The van der Waals surface area contributed by atoms with Crippen LogP contribution in [0.4, 0.5) is 0 Å². The first-order chi connectivity index (χ1) is 13.3. The number of rotatable bonds is 5. The molecule has 28 heavy (non-hydrogen) atoms. The molecular formula is C21H25ClN4O2. The van der Waals surface area contributed by atoms with Gasteiger partial charge in [-0.05, 0) is 54.9 Å². The normalized spacial score (nSPS) is 26.7. The van der Waals surface area contributed by atoms with Gasteiger partial charge < -0.3 is 4.52 Å². The van der Waals surface area contributed by atoms with E-state index >= 15 is 0 Å². The first-order valence-corrected chi connectivity index (χ1v) is 10.1. The van der Waals surface area contributed by atoms with Gasteiger partial charge in [-0.15, -0.1) is 0 Å². The molecule has 0 spiro atoms. The quantitative estimate of drug-likeness (QED) is 0.741. The van der Waals surface area contributed by atoms with E-state index < -0.39 is 0 Å². The zero-order valence-corrected chi connectivity index (χ0v) is 17.2. The molecule has 4 rings (SSSR count). The van der Waals surface area contributed by atoms with E-state index in [-0.39, 0.29) is 23.2 Å². The van der Waals surface area contributed by atoms with Gasteiger partial charge in [0, 0.05) is 34.6 Å². The summed E-state index contributed by atoms with van der Waals surface area (Å²) in [6.45, 7) is 6.92. The van der Waals surface area contributed by atoms with Gasteiger partial charge in [0.25, 0.3) is 0 Å². The lowest BCUT2D eigenvalue weighted by molar-refractivity contribution is -0.121. The van der Waals surface area contributed by atoms with E-state index in [1.54, 1.807) is 12.1 Å². The third-order valence-electron chi connectivity index (χ3n) is 6.96.